The molecule has 2 amide bonds. The topological polar surface area (TPSA) is 73.4 Å². The van der Waals surface area contributed by atoms with Crippen LogP contribution in [0.4, 0.5) is 22.2 Å². The highest BCUT2D eigenvalue weighted by Crippen LogP contribution is 2.25. The maximum atomic E-state index is 11.8. The van der Waals surface area contributed by atoms with Crippen LogP contribution in [0.15, 0.2) is 36.5 Å². The first-order valence-electron chi connectivity index (χ1n) is 8.60. The van der Waals surface area contributed by atoms with E-state index in [0.717, 1.165) is 31.6 Å². The normalized spacial score (nSPS) is 14.8. The highest BCUT2D eigenvalue weighted by atomic mass is 35.5. The van der Waals surface area contributed by atoms with Crippen molar-refractivity contribution in [1.82, 2.24) is 20.2 Å². The maximum Gasteiger partial charge on any atom is 0.317 e. The van der Waals surface area contributed by atoms with E-state index in [-0.39, 0.29) is 12.1 Å². The minimum absolute atomic E-state index is 0.0503. The van der Waals surface area contributed by atoms with Gasteiger partial charge >= 0.3 is 6.03 Å². The lowest BCUT2D eigenvalue weighted by molar-refractivity contribution is 0.210. The Kier molecular flexibility index (Phi) is 5.78. The third-order valence-electron chi connectivity index (χ3n) is 4.29. The number of rotatable bonds is 4. The van der Waals surface area contributed by atoms with Gasteiger partial charge in [0.2, 0.25) is 5.95 Å². The fourth-order valence-electron chi connectivity index (χ4n) is 2.80. The molecule has 0 unspecified atom stereocenters. The zero-order valence-corrected chi connectivity index (χ0v) is 15.7. The number of amides is 2. The summed E-state index contributed by atoms with van der Waals surface area (Å²) in [4.78, 5) is 24.4. The maximum absolute atomic E-state index is 11.8. The number of aromatic nitrogens is 2. The van der Waals surface area contributed by atoms with Crippen LogP contribution in [-0.2, 0) is 0 Å². The SMILES string of the molecule is CN(C)C(=O)NC1CCN(c2nccc(Nc3ccccc3Cl)n2)CC1. The lowest BCUT2D eigenvalue weighted by Gasteiger charge is -2.33. The standard InChI is InChI=1S/C18H23ClN6O/c1-24(2)18(26)21-13-8-11-25(12-9-13)17-20-10-7-16(23-17)22-15-6-4-3-5-14(15)19/h3-7,10,13H,8-9,11-12H2,1-2H3,(H,21,26)(H,20,22,23). The summed E-state index contributed by atoms with van der Waals surface area (Å²) in [7, 11) is 3.49. The largest absolute Gasteiger partial charge is 0.341 e. The van der Waals surface area contributed by atoms with Crippen LogP contribution in [0.3, 0.4) is 0 Å². The minimum Gasteiger partial charge on any atom is -0.341 e. The number of benzene rings is 1. The van der Waals surface area contributed by atoms with Gasteiger partial charge in [-0.25, -0.2) is 9.78 Å². The van der Waals surface area contributed by atoms with Crippen molar-refractivity contribution < 1.29 is 4.79 Å². The van der Waals surface area contributed by atoms with Gasteiger partial charge in [0, 0.05) is 39.4 Å². The molecule has 1 saturated heterocycles. The molecule has 2 N–H and O–H groups in total. The Morgan fingerprint density at radius 2 is 1.96 bits per heavy atom. The molecular weight excluding hydrogens is 352 g/mol. The van der Waals surface area contributed by atoms with Crippen molar-refractivity contribution in [1.29, 1.82) is 0 Å². The molecule has 7 nitrogen and oxygen atoms in total. The van der Waals surface area contributed by atoms with Gasteiger partial charge in [-0.05, 0) is 31.0 Å². The van der Waals surface area contributed by atoms with E-state index in [0.29, 0.717) is 16.8 Å². The summed E-state index contributed by atoms with van der Waals surface area (Å²) in [5.41, 5.74) is 0.809. The molecule has 26 heavy (non-hydrogen) atoms. The first kappa shape index (κ1) is 18.3. The van der Waals surface area contributed by atoms with Gasteiger partial charge in [0.05, 0.1) is 10.7 Å². The summed E-state index contributed by atoms with van der Waals surface area (Å²) in [5, 5.41) is 6.90. The number of hydrogen-bond acceptors (Lipinski definition) is 5. The Morgan fingerprint density at radius 3 is 2.65 bits per heavy atom. The van der Waals surface area contributed by atoms with Gasteiger partial charge < -0.3 is 20.4 Å². The fraction of sp³-hybridized carbons (Fsp3) is 0.389. The van der Waals surface area contributed by atoms with Crippen molar-refractivity contribution in [3.63, 3.8) is 0 Å². The second-order valence-electron chi connectivity index (χ2n) is 6.45. The molecular formula is C18H23ClN6O. The van der Waals surface area contributed by atoms with E-state index in [1.54, 1.807) is 25.2 Å². The Morgan fingerprint density at radius 1 is 1.23 bits per heavy atom. The van der Waals surface area contributed by atoms with Crippen LogP contribution in [-0.4, -0.2) is 54.1 Å². The third kappa shape index (κ3) is 4.54. The van der Waals surface area contributed by atoms with Gasteiger partial charge in [-0.1, -0.05) is 23.7 Å². The van der Waals surface area contributed by atoms with Gasteiger partial charge in [0.15, 0.2) is 0 Å². The van der Waals surface area contributed by atoms with E-state index in [1.807, 2.05) is 30.3 Å². The van der Waals surface area contributed by atoms with Crippen LogP contribution in [0.2, 0.25) is 5.02 Å². The molecule has 1 aromatic carbocycles. The van der Waals surface area contributed by atoms with Crippen molar-refractivity contribution >= 4 is 35.1 Å². The van der Waals surface area contributed by atoms with Gasteiger partial charge in [0.1, 0.15) is 5.82 Å². The van der Waals surface area contributed by atoms with Gasteiger partial charge in [0.25, 0.3) is 0 Å². The number of urea groups is 1. The van der Waals surface area contributed by atoms with Crippen LogP contribution in [0.5, 0.6) is 0 Å². The molecule has 2 aromatic rings. The molecule has 138 valence electrons. The molecule has 0 aliphatic carbocycles. The van der Waals surface area contributed by atoms with Crippen molar-refractivity contribution in [2.45, 2.75) is 18.9 Å². The molecule has 1 fully saturated rings. The quantitative estimate of drug-likeness (QED) is 0.860. The number of piperidine rings is 1. The number of carbonyl (C=O) groups excluding carboxylic acids is 1. The second kappa shape index (κ2) is 8.23. The molecule has 1 aromatic heterocycles. The molecule has 1 aliphatic rings. The molecule has 0 spiro atoms. The number of halogens is 1. The summed E-state index contributed by atoms with van der Waals surface area (Å²) in [6.07, 6.45) is 3.47. The first-order chi connectivity index (χ1) is 12.5. The minimum atomic E-state index is -0.0503. The third-order valence-corrected chi connectivity index (χ3v) is 4.62. The lowest BCUT2D eigenvalue weighted by Crippen LogP contribution is -2.47. The van der Waals surface area contributed by atoms with Gasteiger partial charge in [-0.2, -0.15) is 4.98 Å². The average molecular weight is 375 g/mol. The summed E-state index contributed by atoms with van der Waals surface area (Å²) < 4.78 is 0. The summed E-state index contributed by atoms with van der Waals surface area (Å²) in [5.74, 6) is 1.38. The van der Waals surface area contributed by atoms with Crippen molar-refractivity contribution in [3.05, 3.63) is 41.6 Å². The molecule has 1 aliphatic heterocycles. The molecule has 2 heterocycles. The van der Waals surface area contributed by atoms with E-state index >= 15 is 0 Å². The lowest BCUT2D eigenvalue weighted by atomic mass is 10.1. The van der Waals surface area contributed by atoms with Gasteiger partial charge in [-0.3, -0.25) is 0 Å². The summed E-state index contributed by atoms with van der Waals surface area (Å²) >= 11 is 6.19. The van der Waals surface area contributed by atoms with E-state index in [4.69, 9.17) is 11.6 Å². The predicted octanol–water partition coefficient (Wildman–Crippen LogP) is 3.11. The van der Waals surface area contributed by atoms with Crippen LogP contribution >= 0.6 is 11.6 Å². The van der Waals surface area contributed by atoms with E-state index in [2.05, 4.69) is 25.5 Å². The Labute approximate surface area is 158 Å². The number of para-hydroxylation sites is 1. The number of carbonyl (C=O) groups is 1. The molecule has 0 atom stereocenters. The molecule has 0 radical (unpaired) electrons. The average Bonchev–Trinajstić information content (AvgIpc) is 2.64. The zero-order chi connectivity index (χ0) is 18.5. The number of nitrogens with one attached hydrogen (secondary N) is 2. The van der Waals surface area contributed by atoms with Crippen LogP contribution in [0.1, 0.15) is 12.8 Å². The second-order valence-corrected chi connectivity index (χ2v) is 6.86. The highest BCUT2D eigenvalue weighted by molar-refractivity contribution is 6.33. The van der Waals surface area contributed by atoms with Crippen molar-refractivity contribution in [2.75, 3.05) is 37.4 Å². The smallest absolute Gasteiger partial charge is 0.317 e. The molecule has 0 bridgehead atoms. The van der Waals surface area contributed by atoms with Crippen molar-refractivity contribution in [2.24, 2.45) is 0 Å². The van der Waals surface area contributed by atoms with E-state index in [1.165, 1.54) is 0 Å². The molecule has 0 saturated carbocycles. The number of nitrogens with zero attached hydrogens (tertiary/aromatic N) is 4. The molecule has 8 heteroatoms. The Bertz CT molecular complexity index is 761. The van der Waals surface area contributed by atoms with Gasteiger partial charge in [-0.15, -0.1) is 0 Å². The Hall–Kier alpha value is -2.54. The van der Waals surface area contributed by atoms with Crippen LogP contribution in [0, 0.1) is 0 Å². The molecule has 3 rings (SSSR count). The summed E-state index contributed by atoms with van der Waals surface area (Å²) in [6, 6.07) is 9.50. The first-order valence-corrected chi connectivity index (χ1v) is 8.98. The Balaban J connectivity index is 1.61. The number of hydrogen-bond donors (Lipinski definition) is 2. The highest BCUT2D eigenvalue weighted by Gasteiger charge is 2.22. The number of anilines is 3. The predicted molar refractivity (Wildman–Crippen MR) is 104 cm³/mol. The van der Waals surface area contributed by atoms with Crippen molar-refractivity contribution in [3.8, 4) is 0 Å². The summed E-state index contributed by atoms with van der Waals surface area (Å²) in [6.45, 7) is 1.60. The van der Waals surface area contributed by atoms with Crippen LogP contribution < -0.4 is 15.5 Å². The monoisotopic (exact) mass is 374 g/mol. The van der Waals surface area contributed by atoms with E-state index < -0.39 is 0 Å². The zero-order valence-electron chi connectivity index (χ0n) is 14.9. The van der Waals surface area contributed by atoms with E-state index in [9.17, 15) is 4.79 Å². The van der Waals surface area contributed by atoms with Crippen LogP contribution in [0.25, 0.3) is 0 Å². The fourth-order valence-corrected chi connectivity index (χ4v) is 2.98.